The van der Waals surface area contributed by atoms with Crippen LogP contribution in [0.1, 0.15) is 175 Å². The summed E-state index contributed by atoms with van der Waals surface area (Å²) in [6, 6.07) is 37.4. The summed E-state index contributed by atoms with van der Waals surface area (Å²) in [5.74, 6) is 0. The molecule has 3 aromatic heterocycles. The fourth-order valence-electron chi connectivity index (χ4n) is 12.4. The molecule has 3 nitrogen and oxygen atoms in total. The zero-order valence-corrected chi connectivity index (χ0v) is 42.6. The number of hydrogen-bond donors (Lipinski definition) is 0. The molecule has 65 heavy (non-hydrogen) atoms. The van der Waals surface area contributed by atoms with E-state index in [-0.39, 0.29) is 65.8 Å². The fraction of sp³-hybridized carbons (Fsp3) is 0.459. The van der Waals surface area contributed by atoms with Gasteiger partial charge in [0.15, 0.2) is 0 Å². The van der Waals surface area contributed by atoms with Crippen molar-refractivity contribution in [1.29, 1.82) is 0 Å². The number of aromatic nitrogens is 3. The highest BCUT2D eigenvalue weighted by molar-refractivity contribution is 5.69. The number of fused-ring (bicyclic) bond motifs is 3. The largest absolute Gasteiger partial charge is 0.249 e. The Morgan fingerprint density at radius 3 is 0.785 bits per heavy atom. The van der Waals surface area contributed by atoms with Crippen LogP contribution in [0, 0.1) is 16.2 Å². The minimum absolute atomic E-state index is 0.0136. The molecule has 9 rings (SSSR count). The van der Waals surface area contributed by atoms with Crippen molar-refractivity contribution in [2.45, 2.75) is 163 Å². The Bertz CT molecular complexity index is 2620. The molecule has 0 aliphatic heterocycles. The van der Waals surface area contributed by atoms with E-state index in [4.69, 9.17) is 15.0 Å². The van der Waals surface area contributed by atoms with E-state index in [1.165, 1.54) is 33.4 Å². The standard InChI is InChI=1S/C61H72FN3/c1-52(2)40-31-28-37(34-43(40)55(7,8)58(52,13)14)46-22-19-25-49(63-46)61(62,50-26-20-23-47(64-50)38-29-32-41-44(35-38)56(9,10)59(15,16)53(41,3)4)51-27-21-24-48(65-51)39-30-33-42-45(36-39)57(11,12)60(17,18)54(42,5)6/h19-36H,1-18H3. The maximum atomic E-state index is 19.5. The molecule has 4 heteroatoms. The van der Waals surface area contributed by atoms with Gasteiger partial charge < -0.3 is 0 Å². The van der Waals surface area contributed by atoms with Gasteiger partial charge in [-0.3, -0.25) is 0 Å². The SMILES string of the molecule is CC1(C)c2ccc(-c3cccc(C(F)(c4cccc(-c5ccc6c(c5)C(C)(C)C(C)(C)C6(C)C)n4)c4cccc(-c5ccc6c(c5)C(C)(C)C(C)(C)C6(C)C)n4)n3)cc2C(C)(C)C1(C)C. The zero-order chi connectivity index (χ0) is 47.5. The summed E-state index contributed by atoms with van der Waals surface area (Å²) in [5.41, 5.74) is 11.3. The van der Waals surface area contributed by atoms with E-state index < -0.39 is 5.67 Å². The first-order valence-corrected chi connectivity index (χ1v) is 24.0. The molecule has 3 aliphatic rings. The molecule has 3 aliphatic carbocycles. The molecule has 6 aromatic rings. The van der Waals surface area contributed by atoms with Crippen LogP contribution in [0.3, 0.4) is 0 Å². The predicted octanol–water partition coefficient (Wildman–Crippen LogP) is 15.9. The molecule has 0 radical (unpaired) electrons. The van der Waals surface area contributed by atoms with E-state index in [9.17, 15) is 0 Å². The Hall–Kier alpha value is -4.96. The fourth-order valence-corrected chi connectivity index (χ4v) is 12.4. The smallest absolute Gasteiger partial charge is 0.236 e. The molecular formula is C61H72FN3. The van der Waals surface area contributed by atoms with Gasteiger partial charge >= 0.3 is 0 Å². The van der Waals surface area contributed by atoms with Crippen LogP contribution in [0.2, 0.25) is 0 Å². The average molecular weight is 866 g/mol. The van der Waals surface area contributed by atoms with Crippen molar-refractivity contribution in [2.75, 3.05) is 0 Å². The van der Waals surface area contributed by atoms with Crippen molar-refractivity contribution in [3.05, 3.63) is 160 Å². The topological polar surface area (TPSA) is 38.7 Å². The van der Waals surface area contributed by atoms with Crippen molar-refractivity contribution in [2.24, 2.45) is 16.2 Å². The summed E-state index contributed by atoms with van der Waals surface area (Å²) in [7, 11) is 0. The highest BCUT2D eigenvalue weighted by atomic mass is 19.1. The van der Waals surface area contributed by atoms with E-state index in [2.05, 4.69) is 179 Å². The summed E-state index contributed by atoms with van der Waals surface area (Å²) in [4.78, 5) is 15.8. The zero-order valence-electron chi connectivity index (χ0n) is 42.6. The number of rotatable bonds is 6. The third-order valence-electron chi connectivity index (χ3n) is 20.7. The lowest BCUT2D eigenvalue weighted by Crippen LogP contribution is -2.42. The minimum atomic E-state index is -2.30. The van der Waals surface area contributed by atoms with Crippen molar-refractivity contribution < 1.29 is 4.39 Å². The lowest BCUT2D eigenvalue weighted by molar-refractivity contribution is 0.125. The van der Waals surface area contributed by atoms with Crippen LogP contribution < -0.4 is 0 Å². The molecular weight excluding hydrogens is 794 g/mol. The van der Waals surface area contributed by atoms with Crippen LogP contribution in [0.5, 0.6) is 0 Å². The molecule has 0 unspecified atom stereocenters. The number of alkyl halides is 1. The van der Waals surface area contributed by atoms with Gasteiger partial charge in [0.1, 0.15) is 0 Å². The molecule has 0 amide bonds. The van der Waals surface area contributed by atoms with Crippen LogP contribution >= 0.6 is 0 Å². The van der Waals surface area contributed by atoms with Gasteiger partial charge in [0.05, 0.1) is 34.2 Å². The Kier molecular flexibility index (Phi) is 9.44. The summed E-state index contributed by atoms with van der Waals surface area (Å²) < 4.78 is 19.5. The van der Waals surface area contributed by atoms with E-state index in [0.29, 0.717) is 0 Å². The second kappa shape index (κ2) is 13.6. The monoisotopic (exact) mass is 866 g/mol. The minimum Gasteiger partial charge on any atom is -0.249 e. The van der Waals surface area contributed by atoms with Crippen molar-refractivity contribution in [3.8, 4) is 33.8 Å². The number of benzene rings is 3. The molecule has 3 aromatic carbocycles. The quantitative estimate of drug-likeness (QED) is 0.167. The van der Waals surface area contributed by atoms with Gasteiger partial charge in [0.2, 0.25) is 5.67 Å². The molecule has 0 fully saturated rings. The molecule has 338 valence electrons. The van der Waals surface area contributed by atoms with Crippen molar-refractivity contribution in [3.63, 3.8) is 0 Å². The van der Waals surface area contributed by atoms with Gasteiger partial charge in [0, 0.05) is 16.7 Å². The highest BCUT2D eigenvalue weighted by Crippen LogP contribution is 2.64. The van der Waals surface area contributed by atoms with Gasteiger partial charge in [0.25, 0.3) is 0 Å². The normalized spacial score (nSPS) is 21.6. The van der Waals surface area contributed by atoms with Crippen LogP contribution in [-0.4, -0.2) is 15.0 Å². The van der Waals surface area contributed by atoms with Crippen LogP contribution in [0.4, 0.5) is 4.39 Å². The Balaban J connectivity index is 1.22. The maximum Gasteiger partial charge on any atom is 0.236 e. The van der Waals surface area contributed by atoms with Crippen molar-refractivity contribution in [1.82, 2.24) is 15.0 Å². The molecule has 0 bridgehead atoms. The molecule has 0 spiro atoms. The van der Waals surface area contributed by atoms with Crippen LogP contribution in [-0.2, 0) is 38.2 Å². The summed E-state index contributed by atoms with van der Waals surface area (Å²) >= 11 is 0. The van der Waals surface area contributed by atoms with Gasteiger partial charge in [-0.1, -0.05) is 179 Å². The first-order chi connectivity index (χ1) is 29.9. The first-order valence-electron chi connectivity index (χ1n) is 24.0. The molecule has 0 saturated heterocycles. The Morgan fingerprint density at radius 1 is 0.308 bits per heavy atom. The van der Waals surface area contributed by atoms with Crippen molar-refractivity contribution >= 4 is 0 Å². The second-order valence-corrected chi connectivity index (χ2v) is 24.8. The predicted molar refractivity (Wildman–Crippen MR) is 270 cm³/mol. The van der Waals surface area contributed by atoms with Gasteiger partial charge in [-0.05, 0) is 137 Å². The van der Waals surface area contributed by atoms with E-state index in [0.717, 1.165) is 33.8 Å². The number of pyridine rings is 3. The van der Waals surface area contributed by atoms with E-state index >= 15 is 4.39 Å². The van der Waals surface area contributed by atoms with Gasteiger partial charge in [-0.15, -0.1) is 0 Å². The Morgan fingerprint density at radius 2 is 0.538 bits per heavy atom. The first kappa shape index (κ1) is 45.2. The summed E-state index contributed by atoms with van der Waals surface area (Å²) in [5, 5.41) is 0. The van der Waals surface area contributed by atoms with Gasteiger partial charge in [-0.2, -0.15) is 0 Å². The number of nitrogens with zero attached hydrogens (tertiary/aromatic N) is 3. The van der Waals surface area contributed by atoms with E-state index in [1.54, 1.807) is 18.2 Å². The summed E-state index contributed by atoms with van der Waals surface area (Å²) in [6.07, 6.45) is 0. The van der Waals surface area contributed by atoms with E-state index in [1.807, 2.05) is 36.4 Å². The molecule has 3 heterocycles. The Labute approximate surface area is 390 Å². The third kappa shape index (κ3) is 5.67. The number of hydrogen-bond acceptors (Lipinski definition) is 3. The highest BCUT2D eigenvalue weighted by Gasteiger charge is 2.59. The summed E-state index contributed by atoms with van der Waals surface area (Å²) in [6.45, 7) is 42.5. The maximum absolute atomic E-state index is 19.5. The lowest BCUT2D eigenvalue weighted by Gasteiger charge is -2.44. The molecule has 0 atom stereocenters. The third-order valence-corrected chi connectivity index (χ3v) is 20.7. The lowest BCUT2D eigenvalue weighted by atomic mass is 9.59. The molecule has 0 saturated carbocycles. The second-order valence-electron chi connectivity index (χ2n) is 24.8. The van der Waals surface area contributed by atoms with Gasteiger partial charge in [-0.25, -0.2) is 19.3 Å². The molecule has 0 N–H and O–H groups in total. The average Bonchev–Trinajstić information content (AvgIpc) is 3.50. The van der Waals surface area contributed by atoms with Crippen LogP contribution in [0.25, 0.3) is 33.8 Å². The van der Waals surface area contributed by atoms with Crippen LogP contribution in [0.15, 0.2) is 109 Å². The number of halogens is 1.